The molecule has 5 heteroatoms. The van der Waals surface area contributed by atoms with E-state index in [2.05, 4.69) is 4.98 Å². The molecular weight excluding hydrogens is 246 g/mol. The van der Waals surface area contributed by atoms with Crippen LogP contribution in [0, 0.1) is 0 Å². The molecule has 1 aromatic carbocycles. The van der Waals surface area contributed by atoms with Crippen molar-refractivity contribution in [3.63, 3.8) is 0 Å². The van der Waals surface area contributed by atoms with Gasteiger partial charge in [0.15, 0.2) is 5.78 Å². The lowest BCUT2D eigenvalue weighted by atomic mass is 10.0. The van der Waals surface area contributed by atoms with Gasteiger partial charge in [-0.2, -0.15) is 0 Å². The zero-order valence-electron chi connectivity index (χ0n) is 10.1. The maximum atomic E-state index is 11.3. The molecule has 0 amide bonds. The van der Waals surface area contributed by atoms with Gasteiger partial charge in [0.2, 0.25) is 0 Å². The number of aromatic amines is 1. The zero-order valence-corrected chi connectivity index (χ0v) is 10.1. The van der Waals surface area contributed by atoms with Crippen LogP contribution >= 0.6 is 0 Å². The van der Waals surface area contributed by atoms with Crippen LogP contribution in [0.4, 0.5) is 0 Å². The summed E-state index contributed by atoms with van der Waals surface area (Å²) in [6.07, 6.45) is 1.44. The van der Waals surface area contributed by atoms with Gasteiger partial charge >= 0.3 is 5.97 Å². The monoisotopic (exact) mass is 257 g/mol. The summed E-state index contributed by atoms with van der Waals surface area (Å²) in [5.41, 5.74) is 0.923. The molecule has 0 atom stereocenters. The Balaban J connectivity index is 2.47. The van der Waals surface area contributed by atoms with E-state index in [4.69, 9.17) is 5.11 Å². The number of carboxylic acids is 1. The van der Waals surface area contributed by atoms with E-state index in [1.54, 1.807) is 24.3 Å². The second kappa shape index (κ2) is 4.89. The molecule has 0 saturated carbocycles. The Morgan fingerprint density at radius 2 is 1.74 bits per heavy atom. The number of Topliss-reactive ketones (excluding diaryl/α,β-unsaturated/α-hetero) is 1. The number of carbonyl (C=O) groups is 2. The van der Waals surface area contributed by atoms with Gasteiger partial charge in [0.25, 0.3) is 5.56 Å². The lowest BCUT2D eigenvalue weighted by Gasteiger charge is -2.03. The number of hydrogen-bond donors (Lipinski definition) is 2. The van der Waals surface area contributed by atoms with E-state index in [0.717, 1.165) is 5.56 Å². The fourth-order valence-corrected chi connectivity index (χ4v) is 1.71. The smallest absolute Gasteiger partial charge is 0.341 e. The van der Waals surface area contributed by atoms with Crippen molar-refractivity contribution < 1.29 is 14.7 Å². The number of ketones is 1. The molecule has 0 saturated heterocycles. The summed E-state index contributed by atoms with van der Waals surface area (Å²) in [5.74, 6) is -1.32. The number of rotatable bonds is 3. The normalized spacial score (nSPS) is 10.2. The lowest BCUT2D eigenvalue weighted by Crippen LogP contribution is -2.16. The maximum Gasteiger partial charge on any atom is 0.341 e. The van der Waals surface area contributed by atoms with Crippen molar-refractivity contribution in [3.05, 3.63) is 58.0 Å². The van der Waals surface area contributed by atoms with Gasteiger partial charge in [0, 0.05) is 11.8 Å². The molecule has 2 rings (SSSR count). The SMILES string of the molecule is CC(=O)c1ccc(-c2c[nH]c(=O)c(C(=O)O)c2)cc1. The summed E-state index contributed by atoms with van der Waals surface area (Å²) in [6, 6.07) is 8.03. The maximum absolute atomic E-state index is 11.3. The first-order valence-electron chi connectivity index (χ1n) is 5.56. The van der Waals surface area contributed by atoms with Crippen molar-refractivity contribution in [2.75, 3.05) is 0 Å². The van der Waals surface area contributed by atoms with E-state index in [1.165, 1.54) is 19.2 Å². The third-order valence-electron chi connectivity index (χ3n) is 2.76. The van der Waals surface area contributed by atoms with E-state index >= 15 is 0 Å². The van der Waals surface area contributed by atoms with E-state index < -0.39 is 11.5 Å². The molecule has 19 heavy (non-hydrogen) atoms. The minimum atomic E-state index is -1.27. The standard InChI is InChI=1S/C14H11NO4/c1-8(16)9-2-4-10(5-3-9)11-6-12(14(18)19)13(17)15-7-11/h2-7H,1H3,(H,15,17)(H,18,19). The first kappa shape index (κ1) is 12.8. The predicted molar refractivity (Wildman–Crippen MR) is 69.5 cm³/mol. The second-order valence-corrected chi connectivity index (χ2v) is 4.07. The van der Waals surface area contributed by atoms with Crippen LogP contribution in [-0.2, 0) is 0 Å². The van der Waals surface area contributed by atoms with Crippen molar-refractivity contribution in [3.8, 4) is 11.1 Å². The second-order valence-electron chi connectivity index (χ2n) is 4.07. The van der Waals surface area contributed by atoms with Crippen LogP contribution in [0.3, 0.4) is 0 Å². The van der Waals surface area contributed by atoms with E-state index in [1.807, 2.05) is 0 Å². The largest absolute Gasteiger partial charge is 0.477 e. The molecule has 0 bridgehead atoms. The molecule has 0 aliphatic rings. The number of pyridine rings is 1. The average molecular weight is 257 g/mol. The number of nitrogens with one attached hydrogen (secondary N) is 1. The fourth-order valence-electron chi connectivity index (χ4n) is 1.71. The van der Waals surface area contributed by atoms with Gasteiger partial charge in [0.05, 0.1) is 0 Å². The van der Waals surface area contributed by atoms with Gasteiger partial charge < -0.3 is 10.1 Å². The molecule has 2 N–H and O–H groups in total. The van der Waals surface area contributed by atoms with Crippen LogP contribution < -0.4 is 5.56 Å². The van der Waals surface area contributed by atoms with Gasteiger partial charge in [0.1, 0.15) is 5.56 Å². The molecule has 0 unspecified atom stereocenters. The Bertz CT molecular complexity index is 698. The van der Waals surface area contributed by atoms with E-state index in [9.17, 15) is 14.4 Å². The molecule has 0 aliphatic carbocycles. The molecule has 2 aromatic rings. The van der Waals surface area contributed by atoms with Crippen LogP contribution in [0.15, 0.2) is 41.3 Å². The summed E-state index contributed by atoms with van der Waals surface area (Å²) in [4.78, 5) is 35.7. The molecule has 5 nitrogen and oxygen atoms in total. The fraction of sp³-hybridized carbons (Fsp3) is 0.0714. The number of aromatic nitrogens is 1. The van der Waals surface area contributed by atoms with Gasteiger partial charge in [-0.15, -0.1) is 0 Å². The van der Waals surface area contributed by atoms with Gasteiger partial charge in [-0.1, -0.05) is 24.3 Å². The van der Waals surface area contributed by atoms with Crippen molar-refractivity contribution in [2.24, 2.45) is 0 Å². The van der Waals surface area contributed by atoms with Crippen LogP contribution in [0.25, 0.3) is 11.1 Å². The number of H-pyrrole nitrogens is 1. The molecule has 1 aromatic heterocycles. The van der Waals surface area contributed by atoms with Crippen molar-refractivity contribution in [1.29, 1.82) is 0 Å². The molecule has 0 spiro atoms. The first-order chi connectivity index (χ1) is 8.99. The summed E-state index contributed by atoms with van der Waals surface area (Å²) in [7, 11) is 0. The third-order valence-corrected chi connectivity index (χ3v) is 2.76. The highest BCUT2D eigenvalue weighted by Crippen LogP contribution is 2.19. The molecule has 0 aliphatic heterocycles. The molecular formula is C14H11NO4. The Morgan fingerprint density at radius 1 is 1.11 bits per heavy atom. The minimum Gasteiger partial charge on any atom is -0.477 e. The van der Waals surface area contributed by atoms with E-state index in [0.29, 0.717) is 11.1 Å². The molecule has 0 fully saturated rings. The first-order valence-corrected chi connectivity index (χ1v) is 5.56. The quantitative estimate of drug-likeness (QED) is 0.822. The highest BCUT2D eigenvalue weighted by molar-refractivity contribution is 5.94. The molecule has 96 valence electrons. The lowest BCUT2D eigenvalue weighted by molar-refractivity contribution is 0.0694. The Morgan fingerprint density at radius 3 is 2.26 bits per heavy atom. The Hall–Kier alpha value is -2.69. The van der Waals surface area contributed by atoms with Crippen LogP contribution in [0.5, 0.6) is 0 Å². The molecule has 1 heterocycles. The topological polar surface area (TPSA) is 87.2 Å². The van der Waals surface area contributed by atoms with Gasteiger partial charge in [-0.25, -0.2) is 4.79 Å². The number of hydrogen-bond acceptors (Lipinski definition) is 3. The summed E-state index contributed by atoms with van der Waals surface area (Å²) >= 11 is 0. The predicted octanol–water partition coefficient (Wildman–Crippen LogP) is 1.94. The number of aromatic carboxylic acids is 1. The number of carboxylic acid groups (broad SMARTS) is 1. The minimum absolute atomic E-state index is 0.0424. The summed E-state index contributed by atoms with van der Waals surface area (Å²) < 4.78 is 0. The van der Waals surface area contributed by atoms with Crippen LogP contribution in [0.2, 0.25) is 0 Å². The van der Waals surface area contributed by atoms with Crippen LogP contribution in [-0.4, -0.2) is 21.8 Å². The Labute approximate surface area is 108 Å². The summed E-state index contributed by atoms with van der Waals surface area (Å²) in [5, 5.41) is 8.89. The summed E-state index contributed by atoms with van der Waals surface area (Å²) in [6.45, 7) is 1.47. The highest BCUT2D eigenvalue weighted by Gasteiger charge is 2.10. The Kier molecular flexibility index (Phi) is 3.29. The van der Waals surface area contributed by atoms with Crippen molar-refractivity contribution >= 4 is 11.8 Å². The number of benzene rings is 1. The number of carbonyl (C=O) groups excluding carboxylic acids is 1. The van der Waals surface area contributed by atoms with E-state index in [-0.39, 0.29) is 11.3 Å². The average Bonchev–Trinajstić information content (AvgIpc) is 2.39. The van der Waals surface area contributed by atoms with Gasteiger partial charge in [-0.05, 0) is 24.1 Å². The highest BCUT2D eigenvalue weighted by atomic mass is 16.4. The zero-order chi connectivity index (χ0) is 14.0. The van der Waals surface area contributed by atoms with Crippen LogP contribution in [0.1, 0.15) is 27.6 Å². The van der Waals surface area contributed by atoms with Crippen molar-refractivity contribution in [2.45, 2.75) is 6.92 Å². The van der Waals surface area contributed by atoms with Crippen molar-refractivity contribution in [1.82, 2.24) is 4.98 Å². The molecule has 0 radical (unpaired) electrons. The van der Waals surface area contributed by atoms with Gasteiger partial charge in [-0.3, -0.25) is 9.59 Å². The third kappa shape index (κ3) is 2.60.